The normalized spacial score (nSPS) is 14.9. The summed E-state index contributed by atoms with van der Waals surface area (Å²) in [6, 6.07) is 27.2. The molecule has 6 heteroatoms. The molecule has 1 fully saturated rings. The third-order valence-electron chi connectivity index (χ3n) is 6.84. The number of hydrogen-bond acceptors (Lipinski definition) is 5. The number of hydrogen-bond donors (Lipinski definition) is 1. The zero-order chi connectivity index (χ0) is 24.3. The fourth-order valence-corrected chi connectivity index (χ4v) is 5.10. The summed E-state index contributed by atoms with van der Waals surface area (Å²) in [5.74, 6) is 0.548. The molecule has 1 N–H and O–H groups in total. The fourth-order valence-electron chi connectivity index (χ4n) is 5.10. The minimum Gasteiger partial charge on any atom is -0.480 e. The highest BCUT2D eigenvalue weighted by Crippen LogP contribution is 2.32. The molecule has 6 rings (SSSR count). The standard InChI is InChI=1S/C30H29N5O/c1-36-30-24(16-10-18-31-30)34-25-19-27-29(20-26(25)32-21-11-4-2-5-12-21)35(22-13-6-3-7-14-22)28-17-9-8-15-23(28)33-27/h3,6-10,13-21,34H,2,4-5,11-12H2,1H3/b32-26+. The Bertz CT molecular complexity index is 1540. The molecule has 0 bridgehead atoms. The summed E-state index contributed by atoms with van der Waals surface area (Å²) in [6.45, 7) is 0. The number of aromatic nitrogens is 3. The fraction of sp³-hybridized carbons (Fsp3) is 0.233. The van der Waals surface area contributed by atoms with E-state index in [1.54, 1.807) is 13.3 Å². The van der Waals surface area contributed by atoms with E-state index < -0.39 is 0 Å². The molecule has 2 aromatic carbocycles. The van der Waals surface area contributed by atoms with Crippen LogP contribution in [0, 0.1) is 0 Å². The highest BCUT2D eigenvalue weighted by molar-refractivity contribution is 5.84. The van der Waals surface area contributed by atoms with Gasteiger partial charge in [-0.25, -0.2) is 9.97 Å². The zero-order valence-corrected chi connectivity index (χ0v) is 20.4. The Hall–Kier alpha value is -4.19. The molecule has 6 nitrogen and oxygen atoms in total. The van der Waals surface area contributed by atoms with Crippen molar-refractivity contribution < 1.29 is 4.74 Å². The molecule has 3 aromatic rings. The van der Waals surface area contributed by atoms with Crippen LogP contribution in [-0.4, -0.2) is 27.7 Å². The van der Waals surface area contributed by atoms with Gasteiger partial charge in [-0.05, 0) is 61.4 Å². The second-order valence-corrected chi connectivity index (χ2v) is 9.24. The van der Waals surface area contributed by atoms with Gasteiger partial charge in [0, 0.05) is 11.9 Å². The van der Waals surface area contributed by atoms with Crippen LogP contribution in [-0.2, 0) is 0 Å². The zero-order valence-electron chi connectivity index (χ0n) is 20.4. The van der Waals surface area contributed by atoms with Gasteiger partial charge in [-0.2, -0.15) is 0 Å². The minimum atomic E-state index is 0.325. The number of fused-ring (bicyclic) bond motifs is 2. The van der Waals surface area contributed by atoms with Gasteiger partial charge < -0.3 is 14.6 Å². The highest BCUT2D eigenvalue weighted by Gasteiger charge is 2.18. The summed E-state index contributed by atoms with van der Waals surface area (Å²) in [6.07, 6.45) is 7.75. The lowest BCUT2D eigenvalue weighted by Crippen LogP contribution is -2.19. The molecule has 0 amide bonds. The lowest BCUT2D eigenvalue weighted by molar-refractivity contribution is 0.400. The summed E-state index contributed by atoms with van der Waals surface area (Å²) in [7, 11) is 1.64. The van der Waals surface area contributed by atoms with Gasteiger partial charge in [-0.1, -0.05) is 49.6 Å². The van der Waals surface area contributed by atoms with Crippen molar-refractivity contribution in [1.29, 1.82) is 0 Å². The molecule has 2 aliphatic carbocycles. The average molecular weight is 476 g/mol. The maximum absolute atomic E-state index is 5.51. The second kappa shape index (κ2) is 9.82. The van der Waals surface area contributed by atoms with Crippen LogP contribution in [0.3, 0.4) is 0 Å². The summed E-state index contributed by atoms with van der Waals surface area (Å²) < 4.78 is 7.79. The molecule has 180 valence electrons. The van der Waals surface area contributed by atoms with Crippen molar-refractivity contribution in [3.63, 3.8) is 0 Å². The van der Waals surface area contributed by atoms with Crippen molar-refractivity contribution in [2.24, 2.45) is 4.99 Å². The molecule has 2 heterocycles. The third-order valence-corrected chi connectivity index (χ3v) is 6.84. The van der Waals surface area contributed by atoms with E-state index in [0.29, 0.717) is 11.9 Å². The molecule has 0 saturated heterocycles. The maximum atomic E-state index is 5.51. The van der Waals surface area contributed by atoms with Crippen LogP contribution in [0.4, 0.5) is 11.4 Å². The van der Waals surface area contributed by atoms with Crippen LogP contribution in [0.2, 0.25) is 0 Å². The van der Waals surface area contributed by atoms with E-state index in [4.69, 9.17) is 14.7 Å². The number of para-hydroxylation sites is 3. The Morgan fingerprint density at radius 2 is 1.69 bits per heavy atom. The smallest absolute Gasteiger partial charge is 0.237 e. The Kier molecular flexibility index (Phi) is 6.08. The van der Waals surface area contributed by atoms with E-state index in [9.17, 15) is 0 Å². The van der Waals surface area contributed by atoms with Gasteiger partial charge in [0.15, 0.2) is 0 Å². The topological polar surface area (TPSA) is 64.3 Å². The van der Waals surface area contributed by atoms with Crippen LogP contribution in [0.15, 0.2) is 90.1 Å². The van der Waals surface area contributed by atoms with Gasteiger partial charge in [0.1, 0.15) is 5.69 Å². The first kappa shape index (κ1) is 22.3. The third kappa shape index (κ3) is 4.31. The number of rotatable bonds is 5. The van der Waals surface area contributed by atoms with Crippen LogP contribution in [0.1, 0.15) is 32.1 Å². The van der Waals surface area contributed by atoms with Crippen molar-refractivity contribution in [3.8, 4) is 23.0 Å². The van der Waals surface area contributed by atoms with Crippen LogP contribution >= 0.6 is 0 Å². The Morgan fingerprint density at radius 1 is 0.889 bits per heavy atom. The largest absolute Gasteiger partial charge is 0.480 e. The van der Waals surface area contributed by atoms with Crippen molar-refractivity contribution >= 4 is 22.4 Å². The van der Waals surface area contributed by atoms with E-state index >= 15 is 0 Å². The predicted molar refractivity (Wildman–Crippen MR) is 144 cm³/mol. The molecule has 0 spiro atoms. The summed E-state index contributed by atoms with van der Waals surface area (Å²) in [5.41, 5.74) is 6.73. The number of nitrogens with zero attached hydrogens (tertiary/aromatic N) is 4. The Labute approximate surface area is 210 Å². The van der Waals surface area contributed by atoms with Crippen LogP contribution < -0.4 is 15.4 Å². The highest BCUT2D eigenvalue weighted by atomic mass is 16.5. The molecule has 0 unspecified atom stereocenters. The van der Waals surface area contributed by atoms with E-state index in [1.165, 1.54) is 19.3 Å². The molecule has 36 heavy (non-hydrogen) atoms. The first-order chi connectivity index (χ1) is 17.8. The first-order valence-electron chi connectivity index (χ1n) is 12.6. The van der Waals surface area contributed by atoms with Crippen LogP contribution in [0.25, 0.3) is 28.1 Å². The van der Waals surface area contributed by atoms with Gasteiger partial charge in [0.05, 0.1) is 46.6 Å². The van der Waals surface area contributed by atoms with Crippen molar-refractivity contribution in [1.82, 2.24) is 14.5 Å². The molecule has 0 atom stereocenters. The number of benzene rings is 3. The number of anilines is 2. The Morgan fingerprint density at radius 3 is 2.53 bits per heavy atom. The molecular weight excluding hydrogens is 446 g/mol. The molecule has 0 radical (unpaired) electrons. The van der Waals surface area contributed by atoms with Crippen molar-refractivity contribution in [3.05, 3.63) is 90.4 Å². The predicted octanol–water partition coefficient (Wildman–Crippen LogP) is 6.51. The molecule has 1 aromatic heterocycles. The van der Waals surface area contributed by atoms with Gasteiger partial charge in [0.2, 0.25) is 5.88 Å². The summed E-state index contributed by atoms with van der Waals surface area (Å²) in [4.78, 5) is 14.7. The lowest BCUT2D eigenvalue weighted by Gasteiger charge is -2.22. The summed E-state index contributed by atoms with van der Waals surface area (Å²) >= 11 is 0. The number of pyridine rings is 1. The number of nitrogens with one attached hydrogen (secondary N) is 1. The van der Waals surface area contributed by atoms with Crippen LogP contribution in [0.5, 0.6) is 5.88 Å². The molecule has 1 aliphatic heterocycles. The number of methoxy groups -OCH3 is 1. The molecular formula is C30H29N5O. The first-order valence-corrected chi connectivity index (χ1v) is 12.6. The lowest BCUT2D eigenvalue weighted by atomic mass is 9.96. The van der Waals surface area contributed by atoms with E-state index in [0.717, 1.165) is 57.7 Å². The minimum absolute atomic E-state index is 0.325. The van der Waals surface area contributed by atoms with Gasteiger partial charge in [0.25, 0.3) is 0 Å². The van der Waals surface area contributed by atoms with Gasteiger partial charge in [-0.3, -0.25) is 4.99 Å². The van der Waals surface area contributed by atoms with Crippen molar-refractivity contribution in [2.75, 3.05) is 12.4 Å². The van der Waals surface area contributed by atoms with Gasteiger partial charge >= 0.3 is 0 Å². The Balaban J connectivity index is 1.62. The molecule has 3 aliphatic rings. The second-order valence-electron chi connectivity index (χ2n) is 9.24. The quantitative estimate of drug-likeness (QED) is 0.294. The van der Waals surface area contributed by atoms with E-state index in [2.05, 4.69) is 69.5 Å². The average Bonchev–Trinajstić information content (AvgIpc) is 2.93. The van der Waals surface area contributed by atoms with E-state index in [1.807, 2.05) is 24.3 Å². The number of ether oxygens (including phenoxy) is 1. The monoisotopic (exact) mass is 475 g/mol. The molecule has 1 saturated carbocycles. The SMILES string of the molecule is COc1ncccc1Nc1cc2nc3ccccc3n(-c3ccccc3)c-2c/c1=N\C1CCCCC1. The van der Waals surface area contributed by atoms with Gasteiger partial charge in [-0.15, -0.1) is 0 Å². The van der Waals surface area contributed by atoms with Crippen molar-refractivity contribution in [2.45, 2.75) is 38.1 Å². The van der Waals surface area contributed by atoms with E-state index in [-0.39, 0.29) is 0 Å². The maximum Gasteiger partial charge on any atom is 0.237 e. The summed E-state index contributed by atoms with van der Waals surface area (Å²) in [5, 5.41) is 4.48.